The highest BCUT2D eigenvalue weighted by atomic mass is 79.9. The van der Waals surface area contributed by atoms with Crippen LogP contribution < -0.4 is 0 Å². The molecule has 3 aromatic carbocycles. The number of halogens is 1. The Balaban J connectivity index is 1.67. The Bertz CT molecular complexity index is 939. The van der Waals surface area contributed by atoms with Gasteiger partial charge in [-0.05, 0) is 29.8 Å². The number of carbonyl (C=O) groups is 2. The van der Waals surface area contributed by atoms with Crippen LogP contribution in [-0.2, 0) is 0 Å². The van der Waals surface area contributed by atoms with Crippen molar-refractivity contribution in [1.82, 2.24) is 4.90 Å². The van der Waals surface area contributed by atoms with Crippen LogP contribution in [0, 0.1) is 0 Å². The van der Waals surface area contributed by atoms with Gasteiger partial charge in [-0.25, -0.2) is 0 Å². The smallest absolute Gasteiger partial charge is 0.255 e. The number of amides is 1. The van der Waals surface area contributed by atoms with E-state index in [-0.39, 0.29) is 17.7 Å². The fourth-order valence-electron chi connectivity index (χ4n) is 3.26. The molecular formula is C22H16BrNO2. The second-order valence-corrected chi connectivity index (χ2v) is 7.17. The SMILES string of the molecule is O=C(c1ccccc1)[C@@H]1[C@H](c2ccccc2)N1C(=O)c1ccc(Br)cc1. The van der Waals surface area contributed by atoms with Gasteiger partial charge in [0.1, 0.15) is 6.04 Å². The zero-order valence-corrected chi connectivity index (χ0v) is 15.5. The van der Waals surface area contributed by atoms with Crippen LogP contribution in [0.25, 0.3) is 0 Å². The van der Waals surface area contributed by atoms with Crippen molar-refractivity contribution in [3.8, 4) is 0 Å². The highest BCUT2D eigenvalue weighted by Crippen LogP contribution is 2.45. The highest BCUT2D eigenvalue weighted by Gasteiger charge is 2.56. The van der Waals surface area contributed by atoms with Gasteiger partial charge in [0.05, 0.1) is 6.04 Å². The number of carbonyl (C=O) groups excluding carboxylic acids is 2. The maximum absolute atomic E-state index is 13.0. The number of rotatable bonds is 4. The lowest BCUT2D eigenvalue weighted by Crippen LogP contribution is -2.19. The van der Waals surface area contributed by atoms with Crippen molar-refractivity contribution in [3.63, 3.8) is 0 Å². The van der Waals surface area contributed by atoms with Crippen molar-refractivity contribution in [2.45, 2.75) is 12.1 Å². The van der Waals surface area contributed by atoms with Crippen molar-refractivity contribution in [3.05, 3.63) is 106 Å². The molecule has 0 saturated carbocycles. The Morgan fingerprint density at radius 1 is 0.731 bits per heavy atom. The first-order valence-electron chi connectivity index (χ1n) is 8.39. The van der Waals surface area contributed by atoms with Crippen LogP contribution in [0.4, 0.5) is 0 Å². The van der Waals surface area contributed by atoms with Crippen molar-refractivity contribution in [2.75, 3.05) is 0 Å². The molecule has 1 aliphatic heterocycles. The van der Waals surface area contributed by atoms with E-state index in [1.165, 1.54) is 0 Å². The molecule has 0 aliphatic carbocycles. The fraction of sp³-hybridized carbons (Fsp3) is 0.0909. The molecule has 1 aliphatic rings. The number of nitrogens with zero attached hydrogens (tertiary/aromatic N) is 1. The molecule has 26 heavy (non-hydrogen) atoms. The summed E-state index contributed by atoms with van der Waals surface area (Å²) in [7, 11) is 0. The molecule has 3 nitrogen and oxygen atoms in total. The van der Waals surface area contributed by atoms with E-state index in [0.717, 1.165) is 10.0 Å². The second-order valence-electron chi connectivity index (χ2n) is 6.25. The van der Waals surface area contributed by atoms with Crippen molar-refractivity contribution in [2.24, 2.45) is 0 Å². The predicted octanol–water partition coefficient (Wildman–Crippen LogP) is 4.90. The molecule has 0 unspecified atom stereocenters. The van der Waals surface area contributed by atoms with Gasteiger partial charge in [-0.3, -0.25) is 9.59 Å². The van der Waals surface area contributed by atoms with E-state index in [2.05, 4.69) is 15.9 Å². The summed E-state index contributed by atoms with van der Waals surface area (Å²) in [4.78, 5) is 27.7. The van der Waals surface area contributed by atoms with Gasteiger partial charge in [0.15, 0.2) is 5.78 Å². The van der Waals surface area contributed by atoms with Gasteiger partial charge in [-0.1, -0.05) is 76.6 Å². The van der Waals surface area contributed by atoms with E-state index < -0.39 is 6.04 Å². The molecule has 1 amide bonds. The summed E-state index contributed by atoms with van der Waals surface area (Å²) in [5, 5.41) is 0. The van der Waals surface area contributed by atoms with Crippen LogP contribution in [0.1, 0.15) is 32.3 Å². The number of Topliss-reactive ketones (excluding diaryl/α,β-unsaturated/α-hetero) is 1. The van der Waals surface area contributed by atoms with Crippen LogP contribution in [0.15, 0.2) is 89.4 Å². The van der Waals surface area contributed by atoms with Crippen LogP contribution in [0.3, 0.4) is 0 Å². The van der Waals surface area contributed by atoms with Gasteiger partial charge in [0.2, 0.25) is 0 Å². The van der Waals surface area contributed by atoms with Crippen LogP contribution in [0.5, 0.6) is 0 Å². The van der Waals surface area contributed by atoms with E-state index in [4.69, 9.17) is 0 Å². The summed E-state index contributed by atoms with van der Waals surface area (Å²) in [5.74, 6) is -0.148. The molecule has 2 atom stereocenters. The van der Waals surface area contributed by atoms with Gasteiger partial charge in [0, 0.05) is 15.6 Å². The second kappa shape index (κ2) is 6.89. The molecule has 1 fully saturated rings. The lowest BCUT2D eigenvalue weighted by atomic mass is 10.0. The molecule has 0 N–H and O–H groups in total. The van der Waals surface area contributed by atoms with E-state index in [0.29, 0.717) is 11.1 Å². The number of ketones is 1. The minimum Gasteiger partial charge on any atom is -0.316 e. The number of hydrogen-bond donors (Lipinski definition) is 0. The largest absolute Gasteiger partial charge is 0.316 e. The van der Waals surface area contributed by atoms with Gasteiger partial charge >= 0.3 is 0 Å². The summed E-state index contributed by atoms with van der Waals surface area (Å²) >= 11 is 3.38. The van der Waals surface area contributed by atoms with E-state index >= 15 is 0 Å². The molecule has 4 rings (SSSR count). The third-order valence-electron chi connectivity index (χ3n) is 4.60. The molecule has 3 aromatic rings. The number of hydrogen-bond acceptors (Lipinski definition) is 2. The van der Waals surface area contributed by atoms with Gasteiger partial charge < -0.3 is 4.90 Å². The summed E-state index contributed by atoms with van der Waals surface area (Å²) in [6.45, 7) is 0. The van der Waals surface area contributed by atoms with E-state index in [9.17, 15) is 9.59 Å². The van der Waals surface area contributed by atoms with E-state index in [1.54, 1.807) is 29.2 Å². The lowest BCUT2D eigenvalue weighted by Gasteiger charge is -2.05. The highest BCUT2D eigenvalue weighted by molar-refractivity contribution is 9.10. The minimum absolute atomic E-state index is 0.0232. The Morgan fingerprint density at radius 3 is 1.92 bits per heavy atom. The average Bonchev–Trinajstić information content (AvgIpc) is 3.44. The molecule has 128 valence electrons. The Kier molecular flexibility index (Phi) is 4.43. The van der Waals surface area contributed by atoms with E-state index in [1.807, 2.05) is 60.7 Å². The number of benzene rings is 3. The van der Waals surface area contributed by atoms with Crippen molar-refractivity contribution >= 4 is 27.6 Å². The van der Waals surface area contributed by atoms with Crippen LogP contribution in [0.2, 0.25) is 0 Å². The van der Waals surface area contributed by atoms with Crippen molar-refractivity contribution < 1.29 is 9.59 Å². The first kappa shape index (κ1) is 16.7. The van der Waals surface area contributed by atoms with Crippen LogP contribution >= 0.6 is 15.9 Å². The maximum atomic E-state index is 13.0. The molecule has 0 aromatic heterocycles. The standard InChI is InChI=1S/C22H16BrNO2/c23-18-13-11-17(12-14-18)22(26)24-19(15-7-3-1-4-8-15)20(24)21(25)16-9-5-2-6-10-16/h1-14,19-20H/t19-,20-,24?/m0/s1. The first-order chi connectivity index (χ1) is 12.7. The molecular weight excluding hydrogens is 390 g/mol. The summed E-state index contributed by atoms with van der Waals surface area (Å²) in [6, 6.07) is 25.4. The zero-order valence-electron chi connectivity index (χ0n) is 13.9. The van der Waals surface area contributed by atoms with Crippen molar-refractivity contribution in [1.29, 1.82) is 0 Å². The molecule has 0 bridgehead atoms. The zero-order chi connectivity index (χ0) is 18.1. The monoisotopic (exact) mass is 405 g/mol. The van der Waals surface area contributed by atoms with Crippen LogP contribution in [-0.4, -0.2) is 22.6 Å². The first-order valence-corrected chi connectivity index (χ1v) is 9.18. The molecule has 1 heterocycles. The summed E-state index contributed by atoms with van der Waals surface area (Å²) < 4.78 is 0.913. The molecule has 4 heteroatoms. The Labute approximate surface area is 160 Å². The normalized spacial score (nSPS) is 18.4. The molecule has 1 saturated heterocycles. The third-order valence-corrected chi connectivity index (χ3v) is 5.13. The van der Waals surface area contributed by atoms with Gasteiger partial charge in [-0.2, -0.15) is 0 Å². The predicted molar refractivity (Wildman–Crippen MR) is 104 cm³/mol. The molecule has 0 radical (unpaired) electrons. The summed E-state index contributed by atoms with van der Waals surface area (Å²) in [6.07, 6.45) is 0. The lowest BCUT2D eigenvalue weighted by molar-refractivity contribution is 0.0833. The van der Waals surface area contributed by atoms with Gasteiger partial charge in [-0.15, -0.1) is 0 Å². The maximum Gasteiger partial charge on any atom is 0.255 e. The minimum atomic E-state index is -0.462. The molecule has 0 spiro atoms. The Morgan fingerprint density at radius 2 is 1.31 bits per heavy atom. The fourth-order valence-corrected chi connectivity index (χ4v) is 3.53. The van der Waals surface area contributed by atoms with Gasteiger partial charge in [0.25, 0.3) is 5.91 Å². The quantitative estimate of drug-likeness (QED) is 0.457. The third kappa shape index (κ3) is 3.08. The topological polar surface area (TPSA) is 37.1 Å². The Hall–Kier alpha value is -2.72. The average molecular weight is 406 g/mol. The summed E-state index contributed by atoms with van der Waals surface area (Å²) in [5.41, 5.74) is 2.19.